The molecule has 0 aliphatic heterocycles. The molecule has 0 aliphatic carbocycles. The summed E-state index contributed by atoms with van der Waals surface area (Å²) < 4.78 is 34.4. The molecule has 0 unspecified atom stereocenters. The van der Waals surface area contributed by atoms with E-state index in [1.165, 1.54) is 24.5 Å². The molecule has 0 saturated heterocycles. The topological polar surface area (TPSA) is 94.6 Å². The summed E-state index contributed by atoms with van der Waals surface area (Å²) in [6, 6.07) is 9.98. The van der Waals surface area contributed by atoms with Gasteiger partial charge in [0.25, 0.3) is 0 Å². The van der Waals surface area contributed by atoms with Gasteiger partial charge in [-0.3, -0.25) is 4.79 Å². The van der Waals surface area contributed by atoms with Crippen LogP contribution >= 0.6 is 11.3 Å². The fraction of sp³-hybridized carbons (Fsp3) is 0.222. The largest absolute Gasteiger partial charge is 0.493 e. The van der Waals surface area contributed by atoms with Gasteiger partial charge in [0.15, 0.2) is 26.5 Å². The Morgan fingerprint density at radius 1 is 1.11 bits per heavy atom. The van der Waals surface area contributed by atoms with Gasteiger partial charge in [0, 0.05) is 6.26 Å². The van der Waals surface area contributed by atoms with E-state index in [1.807, 2.05) is 0 Å². The number of hydrogen-bond donors (Lipinski definition) is 1. The van der Waals surface area contributed by atoms with Crippen molar-refractivity contribution >= 4 is 42.4 Å². The summed E-state index contributed by atoms with van der Waals surface area (Å²) in [5.74, 6) is 0.912. The second-order valence-corrected chi connectivity index (χ2v) is 8.88. The Labute approximate surface area is 160 Å². The van der Waals surface area contributed by atoms with E-state index >= 15 is 0 Å². The first-order valence-electron chi connectivity index (χ1n) is 7.91. The van der Waals surface area contributed by atoms with Crippen molar-refractivity contribution in [2.75, 3.05) is 25.8 Å². The zero-order valence-corrected chi connectivity index (χ0v) is 16.6. The Kier molecular flexibility index (Phi) is 5.33. The molecule has 7 nitrogen and oxygen atoms in total. The van der Waals surface area contributed by atoms with Crippen LogP contribution in [0, 0.1) is 0 Å². The number of hydrogen-bond acceptors (Lipinski definition) is 7. The summed E-state index contributed by atoms with van der Waals surface area (Å²) in [5.41, 5.74) is 1.40. The van der Waals surface area contributed by atoms with Gasteiger partial charge < -0.3 is 14.8 Å². The molecule has 1 heterocycles. The lowest BCUT2D eigenvalue weighted by Crippen LogP contribution is -2.14. The lowest BCUT2D eigenvalue weighted by atomic mass is 10.1. The van der Waals surface area contributed by atoms with Crippen LogP contribution in [0.3, 0.4) is 0 Å². The monoisotopic (exact) mass is 406 g/mol. The third-order valence-electron chi connectivity index (χ3n) is 3.85. The second-order valence-electron chi connectivity index (χ2n) is 5.84. The van der Waals surface area contributed by atoms with Crippen LogP contribution in [0.4, 0.5) is 5.13 Å². The molecular formula is C18H18N2O5S2. The van der Waals surface area contributed by atoms with Crippen LogP contribution in [-0.4, -0.2) is 39.8 Å². The molecule has 9 heteroatoms. The van der Waals surface area contributed by atoms with Crippen LogP contribution in [0.25, 0.3) is 10.2 Å². The molecule has 1 amide bonds. The highest BCUT2D eigenvalue weighted by Crippen LogP contribution is 2.29. The second kappa shape index (κ2) is 7.53. The third-order valence-corrected chi connectivity index (χ3v) is 5.89. The molecule has 3 aromatic rings. The van der Waals surface area contributed by atoms with E-state index in [0.717, 1.165) is 11.8 Å². The van der Waals surface area contributed by atoms with Gasteiger partial charge in [-0.25, -0.2) is 13.4 Å². The third kappa shape index (κ3) is 4.37. The van der Waals surface area contributed by atoms with Crippen molar-refractivity contribution in [3.63, 3.8) is 0 Å². The number of carbonyl (C=O) groups is 1. The number of fused-ring (bicyclic) bond motifs is 1. The first-order valence-corrected chi connectivity index (χ1v) is 10.6. The number of carbonyl (C=O) groups excluding carboxylic acids is 1. The molecule has 0 fully saturated rings. The summed E-state index contributed by atoms with van der Waals surface area (Å²) >= 11 is 1.23. The molecule has 0 spiro atoms. The maximum absolute atomic E-state index is 12.3. The van der Waals surface area contributed by atoms with Gasteiger partial charge in [-0.15, -0.1) is 0 Å². The molecule has 0 radical (unpaired) electrons. The van der Waals surface area contributed by atoms with Crippen molar-refractivity contribution in [1.29, 1.82) is 0 Å². The summed E-state index contributed by atoms with van der Waals surface area (Å²) in [7, 11) is -0.208. The normalized spacial score (nSPS) is 11.4. The van der Waals surface area contributed by atoms with Crippen LogP contribution in [0.15, 0.2) is 41.3 Å². The predicted molar refractivity (Wildman–Crippen MR) is 105 cm³/mol. The Morgan fingerprint density at radius 2 is 1.85 bits per heavy atom. The van der Waals surface area contributed by atoms with E-state index in [4.69, 9.17) is 9.47 Å². The molecule has 1 N–H and O–H groups in total. The minimum Gasteiger partial charge on any atom is -0.493 e. The molecule has 3 rings (SSSR count). The quantitative estimate of drug-likeness (QED) is 0.676. The number of sulfone groups is 1. The van der Waals surface area contributed by atoms with Crippen molar-refractivity contribution < 1.29 is 22.7 Å². The summed E-state index contributed by atoms with van der Waals surface area (Å²) in [5, 5.41) is 3.17. The molecule has 142 valence electrons. The minimum atomic E-state index is -3.29. The Hall–Kier alpha value is -2.65. The van der Waals surface area contributed by atoms with Gasteiger partial charge in [0.1, 0.15) is 0 Å². The molecule has 0 aliphatic rings. The molecule has 27 heavy (non-hydrogen) atoms. The van der Waals surface area contributed by atoms with Gasteiger partial charge in [0.05, 0.1) is 35.8 Å². The SMILES string of the molecule is COc1ccc(CC(=O)Nc2nc3ccc(S(C)(=O)=O)cc3s2)cc1OC. The maximum Gasteiger partial charge on any atom is 0.230 e. The Bertz CT molecular complexity index is 1110. The summed E-state index contributed by atoms with van der Waals surface area (Å²) in [4.78, 5) is 16.9. The van der Waals surface area contributed by atoms with Crippen LogP contribution in [0.5, 0.6) is 11.5 Å². The number of thiazole rings is 1. The fourth-order valence-corrected chi connectivity index (χ4v) is 4.17. The average molecular weight is 406 g/mol. The number of benzene rings is 2. The van der Waals surface area contributed by atoms with Crippen molar-refractivity contribution in [1.82, 2.24) is 4.98 Å². The number of nitrogens with one attached hydrogen (secondary N) is 1. The van der Waals surface area contributed by atoms with Crippen molar-refractivity contribution in [3.8, 4) is 11.5 Å². The van der Waals surface area contributed by atoms with Gasteiger partial charge >= 0.3 is 0 Å². The van der Waals surface area contributed by atoms with E-state index in [2.05, 4.69) is 10.3 Å². The van der Waals surface area contributed by atoms with Crippen LogP contribution in [-0.2, 0) is 21.1 Å². The predicted octanol–water partition coefficient (Wildman–Crippen LogP) is 2.90. The highest BCUT2D eigenvalue weighted by Gasteiger charge is 2.13. The number of rotatable bonds is 6. The van der Waals surface area contributed by atoms with E-state index in [0.29, 0.717) is 26.8 Å². The van der Waals surface area contributed by atoms with E-state index in [1.54, 1.807) is 37.4 Å². The average Bonchev–Trinajstić information content (AvgIpc) is 3.01. The van der Waals surface area contributed by atoms with Gasteiger partial charge in [0.2, 0.25) is 5.91 Å². The number of nitrogens with zero attached hydrogens (tertiary/aromatic N) is 1. The zero-order valence-electron chi connectivity index (χ0n) is 15.0. The Morgan fingerprint density at radius 3 is 2.52 bits per heavy atom. The van der Waals surface area contributed by atoms with Crippen molar-refractivity contribution in [2.45, 2.75) is 11.3 Å². The van der Waals surface area contributed by atoms with Gasteiger partial charge in [-0.05, 0) is 35.9 Å². The Balaban J connectivity index is 1.76. The fourth-order valence-electron chi connectivity index (χ4n) is 2.53. The molecule has 1 aromatic heterocycles. The van der Waals surface area contributed by atoms with E-state index in [9.17, 15) is 13.2 Å². The van der Waals surface area contributed by atoms with E-state index in [-0.39, 0.29) is 17.2 Å². The van der Waals surface area contributed by atoms with Crippen LogP contribution in [0.1, 0.15) is 5.56 Å². The standard InChI is InChI=1S/C18H18N2O5S2/c1-24-14-7-4-11(8-15(14)25-2)9-17(21)20-18-19-13-6-5-12(27(3,22)23)10-16(13)26-18/h4-8,10H,9H2,1-3H3,(H,19,20,21). The molecular weight excluding hydrogens is 388 g/mol. The highest BCUT2D eigenvalue weighted by molar-refractivity contribution is 7.90. The number of anilines is 1. The highest BCUT2D eigenvalue weighted by atomic mass is 32.2. The smallest absolute Gasteiger partial charge is 0.230 e. The summed E-state index contributed by atoms with van der Waals surface area (Å²) in [6.45, 7) is 0. The number of methoxy groups -OCH3 is 2. The molecule has 0 atom stereocenters. The number of amides is 1. The first kappa shape index (κ1) is 19.1. The first-order chi connectivity index (χ1) is 12.8. The van der Waals surface area contributed by atoms with Crippen LogP contribution < -0.4 is 14.8 Å². The van der Waals surface area contributed by atoms with Gasteiger partial charge in [-0.2, -0.15) is 0 Å². The van der Waals surface area contributed by atoms with Gasteiger partial charge in [-0.1, -0.05) is 17.4 Å². The minimum absolute atomic E-state index is 0.144. The lowest BCUT2D eigenvalue weighted by Gasteiger charge is -2.09. The summed E-state index contributed by atoms with van der Waals surface area (Å²) in [6.07, 6.45) is 1.30. The van der Waals surface area contributed by atoms with Crippen molar-refractivity contribution in [2.24, 2.45) is 0 Å². The molecule has 0 saturated carbocycles. The zero-order chi connectivity index (χ0) is 19.6. The van der Waals surface area contributed by atoms with E-state index < -0.39 is 9.84 Å². The number of ether oxygens (including phenoxy) is 2. The lowest BCUT2D eigenvalue weighted by molar-refractivity contribution is -0.115. The number of aromatic nitrogens is 1. The van der Waals surface area contributed by atoms with Crippen molar-refractivity contribution in [3.05, 3.63) is 42.0 Å². The molecule has 0 bridgehead atoms. The maximum atomic E-state index is 12.3. The van der Waals surface area contributed by atoms with Crippen LogP contribution in [0.2, 0.25) is 0 Å². The molecule has 2 aromatic carbocycles.